The normalized spacial score (nSPS) is 19.0. The maximum absolute atomic E-state index is 5.71. The molecule has 0 amide bonds. The van der Waals surface area contributed by atoms with Crippen LogP contribution in [0.5, 0.6) is 17.2 Å². The van der Waals surface area contributed by atoms with Crippen molar-refractivity contribution in [1.29, 1.82) is 0 Å². The Bertz CT molecular complexity index is 724. The van der Waals surface area contributed by atoms with Crippen molar-refractivity contribution in [2.45, 2.75) is 31.8 Å². The van der Waals surface area contributed by atoms with E-state index in [1.54, 1.807) is 7.11 Å². The average Bonchev–Trinajstić information content (AvgIpc) is 3.01. The van der Waals surface area contributed by atoms with Crippen molar-refractivity contribution < 1.29 is 14.2 Å². The molecule has 6 nitrogen and oxygen atoms in total. The molecule has 6 heteroatoms. The van der Waals surface area contributed by atoms with E-state index < -0.39 is 0 Å². The Morgan fingerprint density at radius 3 is 3.08 bits per heavy atom. The lowest BCUT2D eigenvalue weighted by atomic mass is 9.93. The standard InChI is InChI=1S/C18H23N3O3/c1-21-15-5-3-4-14(13(15)11-20-21)19-10-12-8-16(22-2)18-17(9-12)23-6-7-24-18/h8-9,11,14,19H,3-7,10H2,1-2H3. The molecule has 0 saturated carbocycles. The molecule has 0 saturated heterocycles. The topological polar surface area (TPSA) is 57.5 Å². The molecular weight excluding hydrogens is 306 g/mol. The van der Waals surface area contributed by atoms with E-state index in [1.807, 2.05) is 30.1 Å². The maximum atomic E-state index is 5.71. The minimum atomic E-state index is 0.349. The van der Waals surface area contributed by atoms with Gasteiger partial charge in [0.2, 0.25) is 5.75 Å². The van der Waals surface area contributed by atoms with Crippen LogP contribution in [0.4, 0.5) is 0 Å². The number of nitrogens with zero attached hydrogens (tertiary/aromatic N) is 2. The predicted octanol–water partition coefficient (Wildman–Crippen LogP) is 2.37. The zero-order valence-corrected chi connectivity index (χ0v) is 14.2. The molecule has 2 aliphatic rings. The van der Waals surface area contributed by atoms with Crippen molar-refractivity contribution in [2.24, 2.45) is 7.05 Å². The molecule has 1 aromatic carbocycles. The molecule has 0 fully saturated rings. The summed E-state index contributed by atoms with van der Waals surface area (Å²) < 4.78 is 18.8. The van der Waals surface area contributed by atoms with Crippen molar-refractivity contribution in [2.75, 3.05) is 20.3 Å². The molecule has 1 N–H and O–H groups in total. The fourth-order valence-electron chi connectivity index (χ4n) is 3.59. The molecule has 1 atom stereocenters. The van der Waals surface area contributed by atoms with Gasteiger partial charge in [0.1, 0.15) is 13.2 Å². The van der Waals surface area contributed by atoms with Crippen molar-refractivity contribution in [3.8, 4) is 17.2 Å². The Hall–Kier alpha value is -2.21. The van der Waals surface area contributed by atoms with Crippen LogP contribution >= 0.6 is 0 Å². The van der Waals surface area contributed by atoms with Crippen LogP contribution in [0.3, 0.4) is 0 Å². The van der Waals surface area contributed by atoms with Crippen LogP contribution in [0.2, 0.25) is 0 Å². The smallest absolute Gasteiger partial charge is 0.203 e. The van der Waals surface area contributed by atoms with E-state index >= 15 is 0 Å². The Morgan fingerprint density at radius 2 is 2.21 bits per heavy atom. The Kier molecular flexibility index (Phi) is 4.06. The van der Waals surface area contributed by atoms with Gasteiger partial charge in [0.05, 0.1) is 13.3 Å². The molecule has 2 aromatic rings. The highest BCUT2D eigenvalue weighted by molar-refractivity contribution is 5.54. The van der Waals surface area contributed by atoms with E-state index in [4.69, 9.17) is 14.2 Å². The number of methoxy groups -OCH3 is 1. The number of nitrogens with one attached hydrogen (secondary N) is 1. The summed E-state index contributed by atoms with van der Waals surface area (Å²) in [7, 11) is 3.68. The summed E-state index contributed by atoms with van der Waals surface area (Å²) in [5.74, 6) is 2.21. The minimum Gasteiger partial charge on any atom is -0.493 e. The van der Waals surface area contributed by atoms with Gasteiger partial charge in [-0.05, 0) is 37.0 Å². The van der Waals surface area contributed by atoms with Gasteiger partial charge < -0.3 is 19.5 Å². The molecule has 1 aliphatic carbocycles. The number of rotatable bonds is 4. The van der Waals surface area contributed by atoms with E-state index in [2.05, 4.69) is 10.4 Å². The van der Waals surface area contributed by atoms with Gasteiger partial charge in [0.25, 0.3) is 0 Å². The summed E-state index contributed by atoms with van der Waals surface area (Å²) in [6, 6.07) is 4.41. The van der Waals surface area contributed by atoms with Crippen molar-refractivity contribution >= 4 is 0 Å². The second-order valence-electron chi connectivity index (χ2n) is 6.32. The molecule has 2 heterocycles. The van der Waals surface area contributed by atoms with Gasteiger partial charge in [-0.25, -0.2) is 0 Å². The fourth-order valence-corrected chi connectivity index (χ4v) is 3.59. The van der Waals surface area contributed by atoms with Gasteiger partial charge >= 0.3 is 0 Å². The third-order valence-corrected chi connectivity index (χ3v) is 4.82. The number of aryl methyl sites for hydroxylation is 1. The summed E-state index contributed by atoms with van der Waals surface area (Å²) in [6.07, 6.45) is 5.44. The first-order valence-electron chi connectivity index (χ1n) is 8.47. The Balaban J connectivity index is 1.52. The Morgan fingerprint density at radius 1 is 1.33 bits per heavy atom. The molecular formula is C18H23N3O3. The second-order valence-corrected chi connectivity index (χ2v) is 6.32. The van der Waals surface area contributed by atoms with E-state index in [-0.39, 0.29) is 0 Å². The van der Waals surface area contributed by atoms with Crippen molar-refractivity contribution in [3.63, 3.8) is 0 Å². The molecule has 128 valence electrons. The molecule has 1 unspecified atom stereocenters. The first-order valence-corrected chi connectivity index (χ1v) is 8.47. The van der Waals surface area contributed by atoms with Crippen LogP contribution < -0.4 is 19.5 Å². The maximum Gasteiger partial charge on any atom is 0.203 e. The molecule has 1 aliphatic heterocycles. The zero-order valence-electron chi connectivity index (χ0n) is 14.2. The zero-order chi connectivity index (χ0) is 16.5. The van der Waals surface area contributed by atoms with E-state index in [0.29, 0.717) is 25.0 Å². The Labute approximate surface area is 141 Å². The third-order valence-electron chi connectivity index (χ3n) is 4.82. The van der Waals surface area contributed by atoms with E-state index in [0.717, 1.165) is 36.4 Å². The number of aromatic nitrogens is 2. The SMILES string of the molecule is COc1cc(CNC2CCCc3c2cnn3C)cc2c1OCCO2. The summed E-state index contributed by atoms with van der Waals surface area (Å²) >= 11 is 0. The van der Waals surface area contributed by atoms with E-state index in [9.17, 15) is 0 Å². The quantitative estimate of drug-likeness (QED) is 0.933. The molecule has 1 aromatic heterocycles. The first-order chi connectivity index (χ1) is 11.8. The highest BCUT2D eigenvalue weighted by Crippen LogP contribution is 2.40. The van der Waals surface area contributed by atoms with Crippen LogP contribution in [0.1, 0.15) is 35.7 Å². The van der Waals surface area contributed by atoms with Crippen LogP contribution in [-0.4, -0.2) is 30.1 Å². The molecule has 0 radical (unpaired) electrons. The molecule has 4 rings (SSSR count). The summed E-state index contributed by atoms with van der Waals surface area (Å²) in [4.78, 5) is 0. The number of fused-ring (bicyclic) bond motifs is 2. The van der Waals surface area contributed by atoms with Crippen LogP contribution in [0.25, 0.3) is 0 Å². The van der Waals surface area contributed by atoms with Crippen LogP contribution in [0, 0.1) is 0 Å². The van der Waals surface area contributed by atoms with Crippen molar-refractivity contribution in [1.82, 2.24) is 15.1 Å². The van der Waals surface area contributed by atoms with Gasteiger partial charge in [-0.1, -0.05) is 0 Å². The second kappa shape index (κ2) is 6.36. The van der Waals surface area contributed by atoms with Crippen LogP contribution in [0.15, 0.2) is 18.3 Å². The van der Waals surface area contributed by atoms with Gasteiger partial charge in [0, 0.05) is 30.9 Å². The van der Waals surface area contributed by atoms with Gasteiger partial charge in [0.15, 0.2) is 11.5 Å². The highest BCUT2D eigenvalue weighted by atomic mass is 16.6. The largest absolute Gasteiger partial charge is 0.493 e. The first kappa shape index (κ1) is 15.3. The van der Waals surface area contributed by atoms with Gasteiger partial charge in [-0.2, -0.15) is 5.10 Å². The lowest BCUT2D eigenvalue weighted by Gasteiger charge is -2.25. The molecule has 0 spiro atoms. The monoisotopic (exact) mass is 329 g/mol. The number of hydrogen-bond donors (Lipinski definition) is 1. The summed E-state index contributed by atoms with van der Waals surface area (Å²) in [5, 5.41) is 8.07. The van der Waals surface area contributed by atoms with Crippen LogP contribution in [-0.2, 0) is 20.0 Å². The lowest BCUT2D eigenvalue weighted by Crippen LogP contribution is -2.25. The minimum absolute atomic E-state index is 0.349. The molecule has 24 heavy (non-hydrogen) atoms. The summed E-state index contributed by atoms with van der Waals surface area (Å²) in [6.45, 7) is 1.90. The van der Waals surface area contributed by atoms with Crippen molar-refractivity contribution in [3.05, 3.63) is 35.2 Å². The predicted molar refractivity (Wildman–Crippen MR) is 89.7 cm³/mol. The fraction of sp³-hybridized carbons (Fsp3) is 0.500. The average molecular weight is 329 g/mol. The number of hydrogen-bond acceptors (Lipinski definition) is 5. The third kappa shape index (κ3) is 2.71. The van der Waals surface area contributed by atoms with Gasteiger partial charge in [-0.15, -0.1) is 0 Å². The highest BCUT2D eigenvalue weighted by Gasteiger charge is 2.24. The van der Waals surface area contributed by atoms with E-state index in [1.165, 1.54) is 17.7 Å². The summed E-state index contributed by atoms with van der Waals surface area (Å²) in [5.41, 5.74) is 3.80. The van der Waals surface area contributed by atoms with Gasteiger partial charge in [-0.3, -0.25) is 4.68 Å². The number of ether oxygens (including phenoxy) is 3. The lowest BCUT2D eigenvalue weighted by molar-refractivity contribution is 0.165. The number of benzene rings is 1. The molecule has 0 bridgehead atoms.